The van der Waals surface area contributed by atoms with Crippen LogP contribution in [0.5, 0.6) is 0 Å². The van der Waals surface area contributed by atoms with Crippen LogP contribution in [0.1, 0.15) is 15.9 Å². The molecule has 4 heterocycles. The van der Waals surface area contributed by atoms with Crippen molar-refractivity contribution in [1.29, 1.82) is 0 Å². The molecular weight excluding hydrogens is 464 g/mol. The van der Waals surface area contributed by atoms with Crippen molar-refractivity contribution in [2.75, 3.05) is 5.32 Å². The largest absolute Gasteiger partial charge is 0.354 e. The van der Waals surface area contributed by atoms with E-state index in [9.17, 15) is 4.79 Å². The van der Waals surface area contributed by atoms with Crippen molar-refractivity contribution in [3.05, 3.63) is 97.0 Å². The predicted molar refractivity (Wildman–Crippen MR) is 143 cm³/mol. The summed E-state index contributed by atoms with van der Waals surface area (Å²) in [4.78, 5) is 26.4. The summed E-state index contributed by atoms with van der Waals surface area (Å²) in [5, 5.41) is 11.7. The maximum atomic E-state index is 13.0. The highest BCUT2D eigenvalue weighted by Gasteiger charge is 2.15. The lowest BCUT2D eigenvalue weighted by Crippen LogP contribution is -2.23. The van der Waals surface area contributed by atoms with Crippen LogP contribution in [-0.2, 0) is 20.6 Å². The van der Waals surface area contributed by atoms with E-state index in [1.54, 1.807) is 41.7 Å². The van der Waals surface area contributed by atoms with E-state index in [0.29, 0.717) is 17.8 Å². The number of aromatic nitrogens is 6. The molecule has 0 saturated heterocycles. The summed E-state index contributed by atoms with van der Waals surface area (Å²) >= 11 is 0. The molecule has 0 atom stereocenters. The van der Waals surface area contributed by atoms with Crippen molar-refractivity contribution in [2.45, 2.75) is 6.54 Å². The molecule has 4 aromatic heterocycles. The van der Waals surface area contributed by atoms with Crippen LogP contribution in [0.3, 0.4) is 0 Å². The summed E-state index contributed by atoms with van der Waals surface area (Å²) < 4.78 is 3.80. The molecule has 1 amide bonds. The van der Waals surface area contributed by atoms with Crippen LogP contribution in [0.25, 0.3) is 33.1 Å². The predicted octanol–water partition coefficient (Wildman–Crippen LogP) is 4.59. The number of amides is 1. The minimum Gasteiger partial charge on any atom is -0.354 e. The van der Waals surface area contributed by atoms with Crippen LogP contribution in [-0.4, -0.2) is 35.2 Å². The first-order valence-corrected chi connectivity index (χ1v) is 11.8. The Labute approximate surface area is 212 Å². The maximum Gasteiger partial charge on any atom is 0.253 e. The molecule has 6 rings (SSSR count). The summed E-state index contributed by atoms with van der Waals surface area (Å²) in [7, 11) is 3.88. The van der Waals surface area contributed by atoms with Crippen LogP contribution in [0, 0.1) is 0 Å². The summed E-state index contributed by atoms with van der Waals surface area (Å²) in [5.41, 5.74) is 7.46. The molecule has 0 aliphatic rings. The van der Waals surface area contributed by atoms with Gasteiger partial charge in [-0.3, -0.25) is 24.4 Å². The monoisotopic (exact) mass is 488 g/mol. The lowest BCUT2D eigenvalue weighted by molar-refractivity contribution is 0.0951. The number of carbonyl (C=O) groups excluding carboxylic acids is 1. The number of aryl methyl sites for hydroxylation is 2. The zero-order valence-corrected chi connectivity index (χ0v) is 20.4. The van der Waals surface area contributed by atoms with Crippen molar-refractivity contribution in [1.82, 2.24) is 34.6 Å². The number of carbonyl (C=O) groups is 1. The van der Waals surface area contributed by atoms with E-state index >= 15 is 0 Å². The third-order valence-corrected chi connectivity index (χ3v) is 6.33. The standard InChI is InChI=1S/C28H24N8O/c1-35-10-6-19-3-4-20(11-26(19)35)23-12-21(13-24-27(23)31-9-8-30-24)34-25-16-29-7-5-22(25)28(37)32-14-18-15-33-36(2)17-18/h3-13,15-17,34H,14H2,1-2H3,(H,32,37). The van der Waals surface area contributed by atoms with Crippen LogP contribution >= 0.6 is 0 Å². The van der Waals surface area contributed by atoms with E-state index in [1.165, 1.54) is 5.39 Å². The second-order valence-electron chi connectivity index (χ2n) is 8.90. The topological polar surface area (TPSA) is 103 Å². The molecule has 2 aromatic carbocycles. The highest BCUT2D eigenvalue weighted by atomic mass is 16.1. The SMILES string of the molecule is Cn1cc(CNC(=O)c2ccncc2Nc2cc(-c3ccc4ccn(C)c4c3)c3nccnc3c2)cn1. The molecule has 0 saturated carbocycles. The van der Waals surface area contributed by atoms with E-state index in [2.05, 4.69) is 59.5 Å². The number of nitrogens with one attached hydrogen (secondary N) is 2. The average Bonchev–Trinajstić information content (AvgIpc) is 3.51. The van der Waals surface area contributed by atoms with E-state index in [-0.39, 0.29) is 5.91 Å². The highest BCUT2D eigenvalue weighted by molar-refractivity contribution is 6.01. The minimum absolute atomic E-state index is 0.205. The van der Waals surface area contributed by atoms with Gasteiger partial charge < -0.3 is 15.2 Å². The Hall–Kier alpha value is -5.05. The van der Waals surface area contributed by atoms with Gasteiger partial charge in [-0.2, -0.15) is 5.10 Å². The summed E-state index contributed by atoms with van der Waals surface area (Å²) in [6.45, 7) is 0.381. The van der Waals surface area contributed by atoms with Gasteiger partial charge in [0.15, 0.2) is 0 Å². The minimum atomic E-state index is -0.205. The first-order valence-electron chi connectivity index (χ1n) is 11.8. The van der Waals surface area contributed by atoms with Gasteiger partial charge in [0.05, 0.1) is 34.7 Å². The second-order valence-corrected chi connectivity index (χ2v) is 8.90. The molecule has 182 valence electrons. The molecule has 2 N–H and O–H groups in total. The fourth-order valence-electron chi connectivity index (χ4n) is 4.49. The van der Waals surface area contributed by atoms with E-state index in [4.69, 9.17) is 0 Å². The Bertz CT molecular complexity index is 1770. The summed E-state index contributed by atoms with van der Waals surface area (Å²) in [5.74, 6) is -0.205. The van der Waals surface area contributed by atoms with Gasteiger partial charge in [-0.15, -0.1) is 0 Å². The van der Waals surface area contributed by atoms with Crippen LogP contribution in [0.2, 0.25) is 0 Å². The Kier molecular flexibility index (Phi) is 5.57. The molecule has 0 fully saturated rings. The van der Waals surface area contributed by atoms with Crippen LogP contribution < -0.4 is 10.6 Å². The molecule has 9 nitrogen and oxygen atoms in total. The van der Waals surface area contributed by atoms with E-state index in [1.807, 2.05) is 38.6 Å². The molecule has 6 aromatic rings. The van der Waals surface area contributed by atoms with Gasteiger partial charge in [-0.1, -0.05) is 12.1 Å². The molecule has 0 bridgehead atoms. The zero-order chi connectivity index (χ0) is 25.4. The highest BCUT2D eigenvalue weighted by Crippen LogP contribution is 2.33. The number of nitrogens with zero attached hydrogens (tertiary/aromatic N) is 6. The van der Waals surface area contributed by atoms with Gasteiger partial charge in [0.25, 0.3) is 5.91 Å². The Morgan fingerprint density at radius 2 is 1.86 bits per heavy atom. The van der Waals surface area contributed by atoms with Gasteiger partial charge in [-0.05, 0) is 41.3 Å². The van der Waals surface area contributed by atoms with Crippen molar-refractivity contribution < 1.29 is 4.79 Å². The van der Waals surface area contributed by atoms with Crippen LogP contribution in [0.4, 0.5) is 11.4 Å². The van der Waals surface area contributed by atoms with Crippen LogP contribution in [0.15, 0.2) is 85.8 Å². The molecule has 0 radical (unpaired) electrons. The van der Waals surface area contributed by atoms with Gasteiger partial charge >= 0.3 is 0 Å². The molecule has 0 aliphatic carbocycles. The average molecular weight is 489 g/mol. The van der Waals surface area contributed by atoms with Crippen molar-refractivity contribution >= 4 is 39.2 Å². The van der Waals surface area contributed by atoms with Crippen molar-refractivity contribution in [3.8, 4) is 11.1 Å². The first-order chi connectivity index (χ1) is 18.0. The van der Waals surface area contributed by atoms with Crippen molar-refractivity contribution in [3.63, 3.8) is 0 Å². The molecular formula is C28H24N8O. The Balaban J connectivity index is 1.36. The maximum absolute atomic E-state index is 13.0. The third kappa shape index (κ3) is 4.38. The van der Waals surface area contributed by atoms with E-state index in [0.717, 1.165) is 38.9 Å². The molecule has 37 heavy (non-hydrogen) atoms. The number of hydrogen-bond acceptors (Lipinski definition) is 6. The number of pyridine rings is 1. The van der Waals surface area contributed by atoms with Gasteiger partial charge in [-0.25, -0.2) is 0 Å². The molecule has 0 unspecified atom stereocenters. The number of fused-ring (bicyclic) bond motifs is 2. The third-order valence-electron chi connectivity index (χ3n) is 6.33. The number of hydrogen-bond donors (Lipinski definition) is 2. The van der Waals surface area contributed by atoms with Gasteiger partial charge in [0.2, 0.25) is 0 Å². The number of rotatable bonds is 6. The smallest absolute Gasteiger partial charge is 0.253 e. The lowest BCUT2D eigenvalue weighted by Gasteiger charge is -2.14. The van der Waals surface area contributed by atoms with E-state index < -0.39 is 0 Å². The first kappa shape index (κ1) is 22.4. The summed E-state index contributed by atoms with van der Waals surface area (Å²) in [6.07, 6.45) is 12.3. The fraction of sp³-hybridized carbons (Fsp3) is 0.107. The molecule has 0 spiro atoms. The number of benzene rings is 2. The fourth-order valence-corrected chi connectivity index (χ4v) is 4.49. The second kappa shape index (κ2) is 9.19. The molecule has 0 aliphatic heterocycles. The van der Waals surface area contributed by atoms with Gasteiger partial charge in [0, 0.05) is 74.0 Å². The zero-order valence-electron chi connectivity index (χ0n) is 20.4. The molecule has 9 heteroatoms. The summed E-state index contributed by atoms with van der Waals surface area (Å²) in [6, 6.07) is 14.1. The van der Waals surface area contributed by atoms with Gasteiger partial charge in [0.1, 0.15) is 0 Å². The Morgan fingerprint density at radius 1 is 0.973 bits per heavy atom. The Morgan fingerprint density at radius 3 is 2.73 bits per heavy atom. The normalized spacial score (nSPS) is 11.2. The lowest BCUT2D eigenvalue weighted by atomic mass is 10.0. The quantitative estimate of drug-likeness (QED) is 0.356. The number of anilines is 2. The van der Waals surface area contributed by atoms with Crippen molar-refractivity contribution in [2.24, 2.45) is 14.1 Å².